The molecule has 0 fully saturated rings. The van der Waals surface area contributed by atoms with Crippen molar-refractivity contribution >= 4 is 44.9 Å². The van der Waals surface area contributed by atoms with Crippen LogP contribution in [0.1, 0.15) is 59.7 Å². The van der Waals surface area contributed by atoms with Crippen LogP contribution in [0.5, 0.6) is 11.5 Å². The van der Waals surface area contributed by atoms with E-state index >= 15 is 0 Å². The second-order valence-electron chi connectivity index (χ2n) is 13.2. The monoisotopic (exact) mass is 845 g/mol. The molecule has 18 heteroatoms. The fourth-order valence-electron chi connectivity index (χ4n) is 5.92. The van der Waals surface area contributed by atoms with E-state index < -0.39 is 34.3 Å². The highest BCUT2D eigenvalue weighted by atomic mass is 35.5. The standard InChI is InChI=1S/C20H19ClN4O5S.C20H18ClN3O3/c1-11-14(6-9-17(23-3)18(11)21)10-16(12(2)30-31(22,27)28)20-25-24-19(29-20)13-4-7-15(26)8-5-13;1-11-14(6-9-17(22-3)18(11)21)10-16(12(2)25)20-24-23-19(27-20)13-4-7-15(26)8-5-13/h4-9,12,16,26H,10H2,1-2H3,(H2,22,27,28);4-9,12,16,25-26H,10H2,1-2H3/t2*12-,16+/m00/s1. The quantitative estimate of drug-likeness (QED) is 0.0852. The average Bonchev–Trinajstić information content (AvgIpc) is 3.87. The fraction of sp³-hybridized carbons (Fsp3) is 0.250. The van der Waals surface area contributed by atoms with Crippen molar-refractivity contribution in [1.29, 1.82) is 0 Å². The molecule has 0 aliphatic heterocycles. The summed E-state index contributed by atoms with van der Waals surface area (Å²) in [6.07, 6.45) is -0.963. The van der Waals surface area contributed by atoms with Gasteiger partial charge in [0.25, 0.3) is 0 Å². The van der Waals surface area contributed by atoms with Crippen LogP contribution in [0.3, 0.4) is 0 Å². The van der Waals surface area contributed by atoms with E-state index in [9.17, 15) is 23.7 Å². The van der Waals surface area contributed by atoms with E-state index in [1.165, 1.54) is 31.2 Å². The van der Waals surface area contributed by atoms with Crippen LogP contribution in [0.25, 0.3) is 32.6 Å². The molecule has 4 atom stereocenters. The number of halogens is 2. The molecule has 0 bridgehead atoms. The molecule has 58 heavy (non-hydrogen) atoms. The van der Waals surface area contributed by atoms with Gasteiger partial charge in [0.05, 0.1) is 47.2 Å². The van der Waals surface area contributed by atoms with Crippen LogP contribution < -0.4 is 5.14 Å². The van der Waals surface area contributed by atoms with Crippen LogP contribution in [0.15, 0.2) is 81.6 Å². The van der Waals surface area contributed by atoms with Crippen molar-refractivity contribution < 1.29 is 36.8 Å². The molecule has 300 valence electrons. The number of aromatic hydroxyl groups is 2. The first-order valence-electron chi connectivity index (χ1n) is 17.4. The van der Waals surface area contributed by atoms with Crippen LogP contribution in [0, 0.1) is 27.0 Å². The molecule has 0 radical (unpaired) electrons. The highest BCUT2D eigenvalue weighted by molar-refractivity contribution is 7.84. The Hall–Kier alpha value is -5.85. The lowest BCUT2D eigenvalue weighted by atomic mass is 9.92. The normalized spacial score (nSPS) is 13.3. The summed E-state index contributed by atoms with van der Waals surface area (Å²) < 4.78 is 39.6. The topological polar surface area (TPSA) is 217 Å². The van der Waals surface area contributed by atoms with Crippen LogP contribution in [0.4, 0.5) is 11.4 Å². The van der Waals surface area contributed by atoms with Gasteiger partial charge in [-0.05, 0) is 111 Å². The smallest absolute Gasteiger partial charge is 0.333 e. The molecule has 0 aliphatic carbocycles. The molecular weight excluding hydrogens is 809 g/mol. The van der Waals surface area contributed by atoms with Crippen molar-refractivity contribution in [2.45, 2.75) is 64.6 Å². The summed E-state index contributed by atoms with van der Waals surface area (Å²) in [7, 11) is -4.23. The maximum absolute atomic E-state index is 11.5. The largest absolute Gasteiger partial charge is 0.508 e. The van der Waals surface area contributed by atoms with E-state index in [-0.39, 0.29) is 29.7 Å². The lowest BCUT2D eigenvalue weighted by Crippen LogP contribution is -2.28. The molecule has 2 aromatic heterocycles. The number of aliphatic hydroxyl groups is 1. The summed E-state index contributed by atoms with van der Waals surface area (Å²) in [5.74, 6) is 0.112. The van der Waals surface area contributed by atoms with Gasteiger partial charge in [0.1, 0.15) is 11.5 Å². The zero-order valence-corrected chi connectivity index (χ0v) is 33.8. The van der Waals surface area contributed by atoms with Crippen LogP contribution in [-0.4, -0.2) is 56.3 Å². The highest BCUT2D eigenvalue weighted by Gasteiger charge is 2.31. The van der Waals surface area contributed by atoms with Crippen LogP contribution >= 0.6 is 23.2 Å². The third-order valence-corrected chi connectivity index (χ3v) is 10.8. The third kappa shape index (κ3) is 10.6. The Morgan fingerprint density at radius 1 is 0.707 bits per heavy atom. The number of aliphatic hydroxyl groups excluding tert-OH is 1. The number of benzene rings is 4. The lowest BCUT2D eigenvalue weighted by Gasteiger charge is -2.21. The molecule has 4 aromatic carbocycles. The van der Waals surface area contributed by atoms with Gasteiger partial charge in [-0.1, -0.05) is 47.5 Å². The first-order chi connectivity index (χ1) is 27.5. The van der Waals surface area contributed by atoms with Crippen molar-refractivity contribution in [3.63, 3.8) is 0 Å². The summed E-state index contributed by atoms with van der Waals surface area (Å²) in [5, 5.41) is 51.1. The number of nitrogens with two attached hydrogens (primary N) is 1. The van der Waals surface area contributed by atoms with E-state index in [0.717, 1.165) is 16.7 Å². The van der Waals surface area contributed by atoms with Gasteiger partial charge in [-0.25, -0.2) is 14.8 Å². The number of rotatable bonds is 12. The molecule has 5 N–H and O–H groups in total. The number of phenolic OH excluding ortho intramolecular Hbond substituents is 2. The minimum Gasteiger partial charge on any atom is -0.508 e. The summed E-state index contributed by atoms with van der Waals surface area (Å²) >= 11 is 12.5. The molecule has 0 amide bonds. The minimum atomic E-state index is -4.23. The third-order valence-electron chi connectivity index (χ3n) is 9.26. The Bertz CT molecular complexity index is 2580. The van der Waals surface area contributed by atoms with Crippen molar-refractivity contribution in [3.05, 3.63) is 140 Å². The Morgan fingerprint density at radius 2 is 1.10 bits per heavy atom. The first-order valence-corrected chi connectivity index (χ1v) is 19.7. The number of phenols is 2. The second kappa shape index (κ2) is 18.6. The summed E-state index contributed by atoms with van der Waals surface area (Å²) in [4.78, 5) is 6.77. The number of hydrogen-bond donors (Lipinski definition) is 4. The number of hydrogen-bond acceptors (Lipinski definition) is 12. The zero-order chi connectivity index (χ0) is 42.3. The molecule has 0 spiro atoms. The Morgan fingerprint density at radius 3 is 1.48 bits per heavy atom. The molecule has 0 saturated carbocycles. The van der Waals surface area contributed by atoms with Gasteiger partial charge in [0, 0.05) is 11.1 Å². The molecule has 0 aliphatic rings. The lowest BCUT2D eigenvalue weighted by molar-refractivity contribution is 0.148. The second-order valence-corrected chi connectivity index (χ2v) is 15.2. The molecule has 2 heterocycles. The maximum Gasteiger partial charge on any atom is 0.333 e. The SMILES string of the molecule is [C-]#[N+]c1ccc(C[C@@H](c2nnc(-c3ccc(O)cc3)o2)[C@H](C)O)c(C)c1Cl.[C-]#[N+]c1ccc(C[C@@H](c2nnc(-c3ccc(O)cc3)o2)[C@H](C)OS(N)(=O)=O)c(C)c1Cl. The van der Waals surface area contributed by atoms with Gasteiger partial charge in [0.15, 0.2) is 0 Å². The van der Waals surface area contributed by atoms with Crippen molar-refractivity contribution in [2.24, 2.45) is 5.14 Å². The van der Waals surface area contributed by atoms with E-state index in [2.05, 4.69) is 30.1 Å². The highest BCUT2D eigenvalue weighted by Crippen LogP contribution is 2.36. The van der Waals surface area contributed by atoms with E-state index in [0.29, 0.717) is 56.3 Å². The molecule has 6 rings (SSSR count). The Balaban J connectivity index is 0.000000223. The minimum absolute atomic E-state index is 0.0896. The van der Waals surface area contributed by atoms with Crippen molar-refractivity contribution in [2.75, 3.05) is 0 Å². The van der Waals surface area contributed by atoms with Gasteiger partial charge in [-0.2, -0.15) is 8.42 Å². The fourth-order valence-corrected chi connectivity index (χ4v) is 6.93. The Labute approximate surface area is 344 Å². The predicted molar refractivity (Wildman–Crippen MR) is 216 cm³/mol. The van der Waals surface area contributed by atoms with Gasteiger partial charge in [0.2, 0.25) is 34.9 Å². The van der Waals surface area contributed by atoms with Gasteiger partial charge in [-0.15, -0.1) is 20.4 Å². The van der Waals surface area contributed by atoms with E-state index in [1.807, 2.05) is 13.0 Å². The molecule has 0 unspecified atom stereocenters. The maximum atomic E-state index is 11.5. The van der Waals surface area contributed by atoms with Crippen LogP contribution in [-0.2, 0) is 27.3 Å². The van der Waals surface area contributed by atoms with Gasteiger partial charge < -0.3 is 24.2 Å². The van der Waals surface area contributed by atoms with Crippen molar-refractivity contribution in [1.82, 2.24) is 20.4 Å². The first kappa shape index (κ1) is 43.3. The van der Waals surface area contributed by atoms with E-state index in [4.69, 9.17) is 54.5 Å². The zero-order valence-electron chi connectivity index (χ0n) is 31.5. The summed E-state index contributed by atoms with van der Waals surface area (Å²) in [5.41, 5.74) is 5.13. The van der Waals surface area contributed by atoms with E-state index in [1.54, 1.807) is 56.3 Å². The molecule has 0 saturated heterocycles. The number of nitrogens with zero attached hydrogens (tertiary/aromatic N) is 6. The van der Waals surface area contributed by atoms with Crippen LogP contribution in [0.2, 0.25) is 10.0 Å². The molecule has 15 nitrogen and oxygen atoms in total. The summed E-state index contributed by atoms with van der Waals surface area (Å²) in [6, 6.07) is 19.4. The summed E-state index contributed by atoms with van der Waals surface area (Å²) in [6.45, 7) is 21.1. The molecule has 6 aromatic rings. The molecular formula is C40H37Cl2N7O8S. The van der Waals surface area contributed by atoms with Gasteiger partial charge in [-0.3, -0.25) is 4.18 Å². The van der Waals surface area contributed by atoms with Crippen molar-refractivity contribution in [3.8, 4) is 34.4 Å². The Kier molecular flexibility index (Phi) is 13.9. The number of aromatic nitrogens is 4. The average molecular weight is 847 g/mol. The van der Waals surface area contributed by atoms with Gasteiger partial charge >= 0.3 is 10.3 Å². The predicted octanol–water partition coefficient (Wildman–Crippen LogP) is 8.55.